The van der Waals surface area contributed by atoms with E-state index in [2.05, 4.69) is 5.16 Å². The number of nitrogens with zero attached hydrogens (tertiary/aromatic N) is 1. The van der Waals surface area contributed by atoms with Crippen molar-refractivity contribution < 1.29 is 9.63 Å². The molecule has 0 amide bonds. The highest BCUT2D eigenvalue weighted by Crippen LogP contribution is 2.18. The van der Waals surface area contributed by atoms with Gasteiger partial charge in [0.25, 0.3) is 0 Å². The second-order valence-electron chi connectivity index (χ2n) is 2.98. The van der Waals surface area contributed by atoms with Gasteiger partial charge in [0.1, 0.15) is 6.10 Å². The maximum atomic E-state index is 9.09. The van der Waals surface area contributed by atoms with Crippen LogP contribution >= 0.6 is 0 Å². The van der Waals surface area contributed by atoms with Gasteiger partial charge in [-0.15, -0.1) is 0 Å². The zero-order valence-electron chi connectivity index (χ0n) is 7.03. The molecule has 0 aliphatic rings. The number of hydrogen-bond donors (Lipinski definition) is 1. The lowest BCUT2D eigenvalue weighted by molar-refractivity contribution is 0.157. The highest BCUT2D eigenvalue weighted by atomic mass is 16.5. The molecule has 1 aromatic heterocycles. The van der Waals surface area contributed by atoms with Gasteiger partial charge in [-0.1, -0.05) is 19.0 Å². The summed E-state index contributed by atoms with van der Waals surface area (Å²) in [7, 11) is 0. The molecular formula is C8H13NO2. The number of rotatable bonds is 2. The summed E-state index contributed by atoms with van der Waals surface area (Å²) in [5.41, 5.74) is 0.890. The van der Waals surface area contributed by atoms with E-state index in [4.69, 9.17) is 9.63 Å². The van der Waals surface area contributed by atoms with Crippen molar-refractivity contribution in [3.05, 3.63) is 17.5 Å². The van der Waals surface area contributed by atoms with Crippen LogP contribution in [0.1, 0.15) is 44.2 Å². The van der Waals surface area contributed by atoms with Crippen LogP contribution in [-0.2, 0) is 0 Å². The van der Waals surface area contributed by atoms with E-state index >= 15 is 0 Å². The van der Waals surface area contributed by atoms with Crippen LogP contribution in [0.15, 0.2) is 10.6 Å². The SMILES string of the molecule is CC(C)c1cc(C(C)O)on1. The van der Waals surface area contributed by atoms with Gasteiger partial charge in [-0.3, -0.25) is 0 Å². The lowest BCUT2D eigenvalue weighted by Gasteiger charge is -1.94. The van der Waals surface area contributed by atoms with Crippen molar-refractivity contribution in [2.24, 2.45) is 0 Å². The van der Waals surface area contributed by atoms with Crippen molar-refractivity contribution >= 4 is 0 Å². The molecule has 1 aromatic rings. The van der Waals surface area contributed by atoms with Crippen LogP contribution in [-0.4, -0.2) is 10.3 Å². The number of aromatic nitrogens is 1. The van der Waals surface area contributed by atoms with Gasteiger partial charge in [0.2, 0.25) is 0 Å². The second kappa shape index (κ2) is 3.05. The first-order valence-corrected chi connectivity index (χ1v) is 3.76. The van der Waals surface area contributed by atoms with Crippen LogP contribution in [0.4, 0.5) is 0 Å². The third-order valence-corrected chi connectivity index (χ3v) is 1.55. The predicted octanol–water partition coefficient (Wildman–Crippen LogP) is 1.85. The van der Waals surface area contributed by atoms with Crippen LogP contribution < -0.4 is 0 Å². The van der Waals surface area contributed by atoms with Crippen molar-refractivity contribution in [2.75, 3.05) is 0 Å². The summed E-state index contributed by atoms with van der Waals surface area (Å²) in [6.45, 7) is 5.72. The van der Waals surface area contributed by atoms with Gasteiger partial charge < -0.3 is 9.63 Å². The van der Waals surface area contributed by atoms with Gasteiger partial charge in [0, 0.05) is 6.07 Å². The van der Waals surface area contributed by atoms with E-state index in [1.807, 2.05) is 13.8 Å². The lowest BCUT2D eigenvalue weighted by atomic mass is 10.1. The highest BCUT2D eigenvalue weighted by molar-refractivity contribution is 5.10. The van der Waals surface area contributed by atoms with E-state index in [1.54, 1.807) is 13.0 Å². The second-order valence-corrected chi connectivity index (χ2v) is 2.98. The van der Waals surface area contributed by atoms with E-state index in [-0.39, 0.29) is 0 Å². The maximum absolute atomic E-state index is 9.09. The summed E-state index contributed by atoms with van der Waals surface area (Å²) in [6, 6.07) is 1.79. The molecule has 1 unspecified atom stereocenters. The normalized spacial score (nSPS) is 13.9. The molecular weight excluding hydrogens is 142 g/mol. The van der Waals surface area contributed by atoms with Crippen LogP contribution in [0.5, 0.6) is 0 Å². The van der Waals surface area contributed by atoms with Gasteiger partial charge in [-0.25, -0.2) is 0 Å². The molecule has 62 valence electrons. The minimum Gasteiger partial charge on any atom is -0.385 e. The first kappa shape index (κ1) is 8.27. The lowest BCUT2D eigenvalue weighted by Crippen LogP contribution is -1.87. The van der Waals surface area contributed by atoms with Gasteiger partial charge in [-0.2, -0.15) is 0 Å². The van der Waals surface area contributed by atoms with Crippen molar-refractivity contribution in [1.82, 2.24) is 5.16 Å². The smallest absolute Gasteiger partial charge is 0.165 e. The Balaban J connectivity index is 2.82. The quantitative estimate of drug-likeness (QED) is 0.709. The third-order valence-electron chi connectivity index (χ3n) is 1.55. The molecule has 0 saturated carbocycles. The van der Waals surface area contributed by atoms with E-state index in [0.717, 1.165) is 5.69 Å². The molecule has 3 nitrogen and oxygen atoms in total. The fourth-order valence-corrected chi connectivity index (χ4v) is 0.773. The summed E-state index contributed by atoms with van der Waals surface area (Å²) >= 11 is 0. The van der Waals surface area contributed by atoms with E-state index in [9.17, 15) is 0 Å². The summed E-state index contributed by atoms with van der Waals surface area (Å²) < 4.78 is 4.89. The standard InChI is InChI=1S/C8H13NO2/c1-5(2)7-4-8(6(3)10)11-9-7/h4-6,10H,1-3H3. The molecule has 1 atom stereocenters. The molecule has 0 radical (unpaired) electrons. The Labute approximate surface area is 66.0 Å². The summed E-state index contributed by atoms with van der Waals surface area (Å²) in [4.78, 5) is 0. The Morgan fingerprint density at radius 1 is 1.45 bits per heavy atom. The van der Waals surface area contributed by atoms with Gasteiger partial charge in [-0.05, 0) is 12.8 Å². The molecule has 0 aliphatic heterocycles. The first-order chi connectivity index (χ1) is 5.11. The average molecular weight is 155 g/mol. The largest absolute Gasteiger partial charge is 0.385 e. The number of hydrogen-bond acceptors (Lipinski definition) is 3. The molecule has 3 heteroatoms. The van der Waals surface area contributed by atoms with Crippen LogP contribution in [0, 0.1) is 0 Å². The Bertz CT molecular complexity index is 205. The zero-order chi connectivity index (χ0) is 8.43. The van der Waals surface area contributed by atoms with Gasteiger partial charge in [0.15, 0.2) is 5.76 Å². The molecule has 1 rings (SSSR count). The van der Waals surface area contributed by atoms with Crippen LogP contribution in [0.25, 0.3) is 0 Å². The molecule has 0 saturated heterocycles. The van der Waals surface area contributed by atoms with Crippen LogP contribution in [0.3, 0.4) is 0 Å². The fraction of sp³-hybridized carbons (Fsp3) is 0.625. The van der Waals surface area contributed by atoms with E-state index < -0.39 is 6.10 Å². The van der Waals surface area contributed by atoms with Gasteiger partial charge >= 0.3 is 0 Å². The summed E-state index contributed by atoms with van der Waals surface area (Å²) in [6.07, 6.45) is -0.560. The summed E-state index contributed by atoms with van der Waals surface area (Å²) in [5, 5.41) is 12.9. The minimum absolute atomic E-state index is 0.353. The molecule has 1 N–H and O–H groups in total. The first-order valence-electron chi connectivity index (χ1n) is 3.76. The average Bonchev–Trinajstić information content (AvgIpc) is 2.33. The van der Waals surface area contributed by atoms with Crippen molar-refractivity contribution in [1.29, 1.82) is 0 Å². The monoisotopic (exact) mass is 155 g/mol. The molecule has 0 fully saturated rings. The Morgan fingerprint density at radius 3 is 2.36 bits per heavy atom. The molecule has 0 aromatic carbocycles. The minimum atomic E-state index is -0.560. The zero-order valence-corrected chi connectivity index (χ0v) is 7.03. The Hall–Kier alpha value is -0.830. The fourth-order valence-electron chi connectivity index (χ4n) is 0.773. The van der Waals surface area contributed by atoms with E-state index in [0.29, 0.717) is 11.7 Å². The predicted molar refractivity (Wildman–Crippen MR) is 41.2 cm³/mol. The molecule has 1 heterocycles. The molecule has 0 bridgehead atoms. The summed E-state index contributed by atoms with van der Waals surface area (Å²) in [5.74, 6) is 0.889. The number of aliphatic hydroxyl groups is 1. The number of aliphatic hydroxyl groups excluding tert-OH is 1. The Kier molecular flexibility index (Phi) is 2.29. The van der Waals surface area contributed by atoms with Gasteiger partial charge in [0.05, 0.1) is 5.69 Å². The Morgan fingerprint density at radius 2 is 2.09 bits per heavy atom. The van der Waals surface area contributed by atoms with Crippen LogP contribution in [0.2, 0.25) is 0 Å². The highest BCUT2D eigenvalue weighted by Gasteiger charge is 2.10. The topological polar surface area (TPSA) is 46.3 Å². The van der Waals surface area contributed by atoms with Crippen molar-refractivity contribution in [2.45, 2.75) is 32.8 Å². The van der Waals surface area contributed by atoms with Crippen molar-refractivity contribution in [3.63, 3.8) is 0 Å². The molecule has 0 aliphatic carbocycles. The van der Waals surface area contributed by atoms with Crippen molar-refractivity contribution in [3.8, 4) is 0 Å². The van der Waals surface area contributed by atoms with E-state index in [1.165, 1.54) is 0 Å². The maximum Gasteiger partial charge on any atom is 0.165 e. The molecule has 0 spiro atoms. The molecule has 11 heavy (non-hydrogen) atoms. The third kappa shape index (κ3) is 1.80.